The minimum Gasteiger partial charge on any atom is -0.388 e. The number of anilines is 1. The molecule has 1 aromatic carbocycles. The van der Waals surface area contributed by atoms with Crippen molar-refractivity contribution in [3.8, 4) is 0 Å². The van der Waals surface area contributed by atoms with Gasteiger partial charge in [-0.05, 0) is 25.5 Å². The number of rotatable bonds is 3. The van der Waals surface area contributed by atoms with E-state index in [0.29, 0.717) is 25.8 Å². The molecule has 1 aliphatic rings. The second-order valence-electron chi connectivity index (χ2n) is 4.79. The topological polar surface area (TPSA) is 83.7 Å². The van der Waals surface area contributed by atoms with Gasteiger partial charge in [0.25, 0.3) is 5.69 Å². The predicted molar refractivity (Wildman–Crippen MR) is 65.9 cm³/mol. The summed E-state index contributed by atoms with van der Waals surface area (Å²) in [6.45, 7) is 2.88. The fourth-order valence-electron chi connectivity index (χ4n) is 2.16. The van der Waals surface area contributed by atoms with E-state index in [1.807, 2.05) is 4.90 Å². The van der Waals surface area contributed by atoms with Gasteiger partial charge in [0.1, 0.15) is 0 Å². The van der Waals surface area contributed by atoms with Gasteiger partial charge in [-0.25, -0.2) is 0 Å². The van der Waals surface area contributed by atoms with Crippen molar-refractivity contribution in [1.29, 1.82) is 0 Å². The second kappa shape index (κ2) is 4.38. The van der Waals surface area contributed by atoms with E-state index in [1.54, 1.807) is 13.0 Å². The molecule has 2 rings (SSSR count). The summed E-state index contributed by atoms with van der Waals surface area (Å²) in [6.07, 6.45) is 1.12. The summed E-state index contributed by atoms with van der Waals surface area (Å²) in [6, 6.07) is 4.42. The largest absolute Gasteiger partial charge is 0.388 e. The molecule has 0 bridgehead atoms. The van der Waals surface area contributed by atoms with E-state index in [4.69, 9.17) is 0 Å². The Bertz CT molecular complexity index is 499. The Labute approximate surface area is 104 Å². The van der Waals surface area contributed by atoms with E-state index in [9.17, 15) is 20.0 Å². The van der Waals surface area contributed by atoms with Crippen LogP contribution in [0, 0.1) is 10.1 Å². The lowest BCUT2D eigenvalue weighted by atomic mass is 10.1. The maximum absolute atomic E-state index is 10.9. The zero-order chi connectivity index (χ0) is 13.3. The molecule has 0 radical (unpaired) electrons. The number of aliphatic hydroxyl groups is 1. The van der Waals surface area contributed by atoms with Crippen molar-refractivity contribution in [2.45, 2.75) is 18.9 Å². The Hall–Kier alpha value is -1.95. The van der Waals surface area contributed by atoms with Crippen LogP contribution in [-0.2, 0) is 0 Å². The van der Waals surface area contributed by atoms with Crippen molar-refractivity contribution in [3.63, 3.8) is 0 Å². The third kappa shape index (κ3) is 2.33. The van der Waals surface area contributed by atoms with Gasteiger partial charge in [-0.15, -0.1) is 0 Å². The van der Waals surface area contributed by atoms with Crippen LogP contribution in [-0.4, -0.2) is 35.0 Å². The first-order valence-corrected chi connectivity index (χ1v) is 5.64. The molecular weight excluding hydrogens is 236 g/mol. The molecular formula is C12H14N2O4. The molecule has 0 spiro atoms. The zero-order valence-corrected chi connectivity index (χ0v) is 10.00. The van der Waals surface area contributed by atoms with Crippen LogP contribution in [0.5, 0.6) is 0 Å². The summed E-state index contributed by atoms with van der Waals surface area (Å²) in [5.74, 6) is 0. The monoisotopic (exact) mass is 250 g/mol. The third-order valence-electron chi connectivity index (χ3n) is 3.15. The van der Waals surface area contributed by atoms with Gasteiger partial charge in [-0.3, -0.25) is 14.9 Å². The van der Waals surface area contributed by atoms with E-state index in [-0.39, 0.29) is 11.3 Å². The smallest absolute Gasteiger partial charge is 0.280 e. The SMILES string of the molecule is CC1(O)CCN(c2ccc([N+](=O)[O-])c(C=O)c2)C1. The maximum atomic E-state index is 10.9. The standard InChI is InChI=1S/C12H14N2O4/c1-12(16)4-5-13(8-12)10-2-3-11(14(17)18)9(6-10)7-15/h2-3,6-7,16H,4-5,8H2,1H3. The van der Waals surface area contributed by atoms with Crippen LogP contribution in [0.2, 0.25) is 0 Å². The molecule has 1 aromatic rings. The molecule has 0 saturated carbocycles. The number of nitro groups is 1. The first kappa shape index (κ1) is 12.5. The van der Waals surface area contributed by atoms with Crippen LogP contribution >= 0.6 is 0 Å². The van der Waals surface area contributed by atoms with Crippen LogP contribution in [0.1, 0.15) is 23.7 Å². The normalized spacial score (nSPS) is 23.1. The van der Waals surface area contributed by atoms with Crippen molar-refractivity contribution >= 4 is 17.7 Å². The summed E-state index contributed by atoms with van der Waals surface area (Å²) in [7, 11) is 0. The number of hydrogen-bond acceptors (Lipinski definition) is 5. The van der Waals surface area contributed by atoms with E-state index in [2.05, 4.69) is 0 Å². The summed E-state index contributed by atoms with van der Waals surface area (Å²) in [5.41, 5.74) is -0.160. The van der Waals surface area contributed by atoms with Crippen LogP contribution in [0.15, 0.2) is 18.2 Å². The second-order valence-corrected chi connectivity index (χ2v) is 4.79. The van der Waals surface area contributed by atoms with E-state index >= 15 is 0 Å². The molecule has 1 fully saturated rings. The van der Waals surface area contributed by atoms with Gasteiger partial charge in [0.15, 0.2) is 6.29 Å². The number of hydrogen-bond donors (Lipinski definition) is 1. The molecule has 1 aliphatic heterocycles. The fourth-order valence-corrected chi connectivity index (χ4v) is 2.16. The van der Waals surface area contributed by atoms with Crippen molar-refractivity contribution < 1.29 is 14.8 Å². The Balaban J connectivity index is 2.31. The highest BCUT2D eigenvalue weighted by atomic mass is 16.6. The third-order valence-corrected chi connectivity index (χ3v) is 3.15. The molecule has 96 valence electrons. The number of β-amino-alcohol motifs (C(OH)–C–C–N with tert-alkyl or cyclic N) is 1. The van der Waals surface area contributed by atoms with Gasteiger partial charge >= 0.3 is 0 Å². The molecule has 0 aliphatic carbocycles. The lowest BCUT2D eigenvalue weighted by molar-refractivity contribution is -0.385. The van der Waals surface area contributed by atoms with E-state index in [0.717, 1.165) is 5.69 Å². The minimum atomic E-state index is -0.747. The molecule has 1 unspecified atom stereocenters. The summed E-state index contributed by atoms with van der Waals surface area (Å²) < 4.78 is 0. The number of carbonyl (C=O) groups excluding carboxylic acids is 1. The first-order chi connectivity index (χ1) is 8.43. The van der Waals surface area contributed by atoms with Crippen LogP contribution in [0.4, 0.5) is 11.4 Å². The van der Waals surface area contributed by atoms with Gasteiger partial charge in [0.2, 0.25) is 0 Å². The fraction of sp³-hybridized carbons (Fsp3) is 0.417. The molecule has 6 nitrogen and oxygen atoms in total. The predicted octanol–water partition coefficient (Wildman–Crippen LogP) is 1.37. The Morgan fingerprint density at radius 2 is 2.28 bits per heavy atom. The number of nitrogens with zero attached hydrogens (tertiary/aromatic N) is 2. The van der Waals surface area contributed by atoms with Gasteiger partial charge in [-0.1, -0.05) is 0 Å². The quantitative estimate of drug-likeness (QED) is 0.497. The lowest BCUT2D eigenvalue weighted by Crippen LogP contribution is -2.29. The average Bonchev–Trinajstić information content (AvgIpc) is 2.68. The van der Waals surface area contributed by atoms with Gasteiger partial charge < -0.3 is 10.0 Å². The highest BCUT2D eigenvalue weighted by Gasteiger charge is 2.31. The van der Waals surface area contributed by atoms with Gasteiger partial charge in [0.05, 0.1) is 16.1 Å². The van der Waals surface area contributed by atoms with E-state index in [1.165, 1.54) is 12.1 Å². The first-order valence-electron chi connectivity index (χ1n) is 5.64. The molecule has 1 saturated heterocycles. The number of benzene rings is 1. The average molecular weight is 250 g/mol. The summed E-state index contributed by atoms with van der Waals surface area (Å²) >= 11 is 0. The Morgan fingerprint density at radius 1 is 1.56 bits per heavy atom. The van der Waals surface area contributed by atoms with Gasteiger partial charge in [0, 0.05) is 24.8 Å². The molecule has 1 N–H and O–H groups in total. The minimum absolute atomic E-state index is 0.0593. The molecule has 0 aromatic heterocycles. The summed E-state index contributed by atoms with van der Waals surface area (Å²) in [4.78, 5) is 22.9. The van der Waals surface area contributed by atoms with Crippen molar-refractivity contribution in [1.82, 2.24) is 0 Å². The molecule has 18 heavy (non-hydrogen) atoms. The zero-order valence-electron chi connectivity index (χ0n) is 10.00. The maximum Gasteiger partial charge on any atom is 0.280 e. The molecule has 1 heterocycles. The molecule has 0 amide bonds. The van der Waals surface area contributed by atoms with Crippen molar-refractivity contribution in [2.24, 2.45) is 0 Å². The van der Waals surface area contributed by atoms with Crippen LogP contribution < -0.4 is 4.90 Å². The highest BCUT2D eigenvalue weighted by Crippen LogP contribution is 2.29. The van der Waals surface area contributed by atoms with Crippen molar-refractivity contribution in [2.75, 3.05) is 18.0 Å². The molecule has 6 heteroatoms. The van der Waals surface area contributed by atoms with Gasteiger partial charge in [-0.2, -0.15) is 0 Å². The highest BCUT2D eigenvalue weighted by molar-refractivity contribution is 5.83. The van der Waals surface area contributed by atoms with E-state index < -0.39 is 10.5 Å². The number of aldehydes is 1. The van der Waals surface area contributed by atoms with Crippen molar-refractivity contribution in [3.05, 3.63) is 33.9 Å². The Morgan fingerprint density at radius 3 is 2.78 bits per heavy atom. The molecule has 1 atom stereocenters. The number of carbonyl (C=O) groups is 1. The van der Waals surface area contributed by atoms with Crippen LogP contribution in [0.3, 0.4) is 0 Å². The van der Waals surface area contributed by atoms with Crippen LogP contribution in [0.25, 0.3) is 0 Å². The lowest BCUT2D eigenvalue weighted by Gasteiger charge is -2.20. The Kier molecular flexibility index (Phi) is 3.04. The number of nitro benzene ring substituents is 1. The summed E-state index contributed by atoms with van der Waals surface area (Å²) in [5, 5.41) is 20.6.